The molecule has 0 saturated heterocycles. The highest BCUT2D eigenvalue weighted by molar-refractivity contribution is 5.12. The highest BCUT2D eigenvalue weighted by atomic mass is 15.1. The summed E-state index contributed by atoms with van der Waals surface area (Å²) in [5, 5.41) is 0. The van der Waals surface area contributed by atoms with Gasteiger partial charge in [-0.2, -0.15) is 0 Å². The number of nitrogens with two attached hydrogens (primary N) is 1. The summed E-state index contributed by atoms with van der Waals surface area (Å²) < 4.78 is 2.29. The van der Waals surface area contributed by atoms with Crippen molar-refractivity contribution in [2.45, 2.75) is 45.2 Å². The zero-order valence-electron chi connectivity index (χ0n) is 8.33. The lowest BCUT2D eigenvalue weighted by Gasteiger charge is -2.26. The fraction of sp³-hybridized carbons (Fsp3) is 0.700. The smallest absolute Gasteiger partial charge is 0.111 e. The zero-order valence-corrected chi connectivity index (χ0v) is 8.33. The molecule has 72 valence electrons. The molecule has 3 nitrogen and oxygen atoms in total. The molecule has 0 aliphatic carbocycles. The van der Waals surface area contributed by atoms with Crippen molar-refractivity contribution in [2.75, 3.05) is 0 Å². The standard InChI is InChI=1S/C10H17N3/c1-3-9-5-12-10-7(2)4-8(11)6-13(9)10/h5,7-8H,3-4,6,11H2,1-2H3. The van der Waals surface area contributed by atoms with Crippen molar-refractivity contribution in [3.8, 4) is 0 Å². The Morgan fingerprint density at radius 3 is 3.15 bits per heavy atom. The number of aryl methyl sites for hydroxylation is 1. The normalized spacial score (nSPS) is 27.3. The Balaban J connectivity index is 2.40. The molecule has 1 aromatic rings. The maximum Gasteiger partial charge on any atom is 0.111 e. The molecule has 2 atom stereocenters. The van der Waals surface area contributed by atoms with E-state index >= 15 is 0 Å². The molecule has 1 aromatic heterocycles. The maximum atomic E-state index is 5.97. The SMILES string of the molecule is CCc1cnc2n1CC(N)CC2C. The van der Waals surface area contributed by atoms with Gasteiger partial charge in [-0.25, -0.2) is 4.98 Å². The largest absolute Gasteiger partial charge is 0.330 e. The van der Waals surface area contributed by atoms with E-state index in [0.29, 0.717) is 12.0 Å². The van der Waals surface area contributed by atoms with Crippen LogP contribution < -0.4 is 5.73 Å². The van der Waals surface area contributed by atoms with E-state index in [4.69, 9.17) is 5.73 Å². The van der Waals surface area contributed by atoms with Crippen molar-refractivity contribution in [3.63, 3.8) is 0 Å². The molecule has 0 aromatic carbocycles. The molecule has 13 heavy (non-hydrogen) atoms. The van der Waals surface area contributed by atoms with Gasteiger partial charge >= 0.3 is 0 Å². The van der Waals surface area contributed by atoms with E-state index < -0.39 is 0 Å². The Bertz CT molecular complexity index is 303. The van der Waals surface area contributed by atoms with Gasteiger partial charge in [0.2, 0.25) is 0 Å². The van der Waals surface area contributed by atoms with Crippen molar-refractivity contribution in [1.29, 1.82) is 0 Å². The second-order valence-electron chi connectivity index (χ2n) is 3.97. The Morgan fingerprint density at radius 2 is 2.46 bits per heavy atom. The molecule has 2 unspecified atom stereocenters. The molecule has 2 rings (SSSR count). The average Bonchev–Trinajstić information content (AvgIpc) is 2.47. The van der Waals surface area contributed by atoms with Crippen molar-refractivity contribution in [1.82, 2.24) is 9.55 Å². The van der Waals surface area contributed by atoms with Crippen LogP contribution in [0.4, 0.5) is 0 Å². The Labute approximate surface area is 79.0 Å². The third-order valence-corrected chi connectivity index (χ3v) is 2.85. The number of nitrogens with zero attached hydrogens (tertiary/aromatic N) is 2. The topological polar surface area (TPSA) is 43.8 Å². The van der Waals surface area contributed by atoms with Crippen LogP contribution >= 0.6 is 0 Å². The fourth-order valence-corrected chi connectivity index (χ4v) is 2.18. The number of fused-ring (bicyclic) bond motifs is 1. The second kappa shape index (κ2) is 3.14. The van der Waals surface area contributed by atoms with Gasteiger partial charge in [0.15, 0.2) is 0 Å². The third-order valence-electron chi connectivity index (χ3n) is 2.85. The minimum atomic E-state index is 0.307. The average molecular weight is 179 g/mol. The van der Waals surface area contributed by atoms with Crippen molar-refractivity contribution in [2.24, 2.45) is 5.73 Å². The molecule has 3 heteroatoms. The van der Waals surface area contributed by atoms with Gasteiger partial charge in [-0.15, -0.1) is 0 Å². The van der Waals surface area contributed by atoms with Gasteiger partial charge in [0.05, 0.1) is 0 Å². The highest BCUT2D eigenvalue weighted by Gasteiger charge is 2.24. The van der Waals surface area contributed by atoms with Crippen molar-refractivity contribution in [3.05, 3.63) is 17.7 Å². The highest BCUT2D eigenvalue weighted by Crippen LogP contribution is 2.26. The van der Waals surface area contributed by atoms with E-state index in [0.717, 1.165) is 19.4 Å². The Morgan fingerprint density at radius 1 is 1.69 bits per heavy atom. The summed E-state index contributed by atoms with van der Waals surface area (Å²) in [7, 11) is 0. The fourth-order valence-electron chi connectivity index (χ4n) is 2.18. The second-order valence-corrected chi connectivity index (χ2v) is 3.97. The number of rotatable bonds is 1. The quantitative estimate of drug-likeness (QED) is 0.705. The molecule has 0 radical (unpaired) electrons. The first-order valence-corrected chi connectivity index (χ1v) is 5.02. The molecule has 0 saturated carbocycles. The number of imidazole rings is 1. The van der Waals surface area contributed by atoms with Gasteiger partial charge in [0.25, 0.3) is 0 Å². The maximum absolute atomic E-state index is 5.97. The van der Waals surface area contributed by atoms with Crippen LogP contribution in [0.5, 0.6) is 0 Å². The van der Waals surface area contributed by atoms with E-state index in [-0.39, 0.29) is 0 Å². The predicted molar refractivity (Wildman–Crippen MR) is 52.6 cm³/mol. The van der Waals surface area contributed by atoms with E-state index in [1.165, 1.54) is 11.5 Å². The molecule has 1 aliphatic rings. The lowest BCUT2D eigenvalue weighted by atomic mass is 9.97. The van der Waals surface area contributed by atoms with Gasteiger partial charge in [-0.1, -0.05) is 13.8 Å². The lowest BCUT2D eigenvalue weighted by Crippen LogP contribution is -2.34. The van der Waals surface area contributed by atoms with E-state index in [9.17, 15) is 0 Å². The van der Waals surface area contributed by atoms with Crippen LogP contribution in [0.15, 0.2) is 6.20 Å². The van der Waals surface area contributed by atoms with Crippen LogP contribution in [0.3, 0.4) is 0 Å². The van der Waals surface area contributed by atoms with E-state index in [1.807, 2.05) is 6.20 Å². The molecule has 0 spiro atoms. The number of hydrogen-bond acceptors (Lipinski definition) is 2. The summed E-state index contributed by atoms with van der Waals surface area (Å²) in [5.74, 6) is 1.74. The molecular weight excluding hydrogens is 162 g/mol. The molecule has 1 aliphatic heterocycles. The monoisotopic (exact) mass is 179 g/mol. The van der Waals surface area contributed by atoms with Crippen LogP contribution in [0, 0.1) is 0 Å². The molecule has 0 bridgehead atoms. The minimum Gasteiger partial charge on any atom is -0.330 e. The van der Waals surface area contributed by atoms with Crippen molar-refractivity contribution >= 4 is 0 Å². The predicted octanol–water partition coefficient (Wildman–Crippen LogP) is 1.28. The minimum absolute atomic E-state index is 0.307. The van der Waals surface area contributed by atoms with Gasteiger partial charge in [-0.05, 0) is 12.8 Å². The summed E-state index contributed by atoms with van der Waals surface area (Å²) in [4.78, 5) is 4.45. The Hall–Kier alpha value is -0.830. The third kappa shape index (κ3) is 1.37. The molecule has 2 heterocycles. The summed E-state index contributed by atoms with van der Waals surface area (Å²) in [6.07, 6.45) is 4.11. The molecule has 2 N–H and O–H groups in total. The summed E-state index contributed by atoms with van der Waals surface area (Å²) in [6, 6.07) is 0.307. The van der Waals surface area contributed by atoms with E-state index in [1.54, 1.807) is 0 Å². The van der Waals surface area contributed by atoms with Crippen LogP contribution in [-0.2, 0) is 13.0 Å². The summed E-state index contributed by atoms with van der Waals surface area (Å²) in [6.45, 7) is 5.31. The lowest BCUT2D eigenvalue weighted by molar-refractivity contribution is 0.400. The Kier molecular flexibility index (Phi) is 2.12. The summed E-state index contributed by atoms with van der Waals surface area (Å²) in [5.41, 5.74) is 7.29. The van der Waals surface area contributed by atoms with Gasteiger partial charge in [0.1, 0.15) is 5.82 Å². The van der Waals surface area contributed by atoms with Gasteiger partial charge < -0.3 is 10.3 Å². The number of aromatic nitrogens is 2. The molecule has 0 fully saturated rings. The zero-order chi connectivity index (χ0) is 9.42. The number of hydrogen-bond donors (Lipinski definition) is 1. The van der Waals surface area contributed by atoms with Crippen LogP contribution in [0.25, 0.3) is 0 Å². The van der Waals surface area contributed by atoms with E-state index in [2.05, 4.69) is 23.4 Å². The first-order chi connectivity index (χ1) is 6.22. The van der Waals surface area contributed by atoms with Crippen LogP contribution in [0.1, 0.15) is 37.7 Å². The van der Waals surface area contributed by atoms with Crippen LogP contribution in [-0.4, -0.2) is 15.6 Å². The molecular formula is C10H17N3. The van der Waals surface area contributed by atoms with Gasteiger partial charge in [-0.3, -0.25) is 0 Å². The molecule has 0 amide bonds. The summed E-state index contributed by atoms with van der Waals surface area (Å²) >= 11 is 0. The van der Waals surface area contributed by atoms with Crippen LogP contribution in [0.2, 0.25) is 0 Å². The van der Waals surface area contributed by atoms with Gasteiger partial charge in [0, 0.05) is 30.4 Å². The van der Waals surface area contributed by atoms with Crippen molar-refractivity contribution < 1.29 is 0 Å². The first kappa shape index (κ1) is 8.75. The first-order valence-electron chi connectivity index (χ1n) is 5.02.